The van der Waals surface area contributed by atoms with E-state index in [1.807, 2.05) is 30.3 Å². The highest BCUT2D eigenvalue weighted by molar-refractivity contribution is 7.91. The third-order valence-corrected chi connectivity index (χ3v) is 7.83. The molecule has 178 valence electrons. The Bertz CT molecular complexity index is 1020. The molecule has 0 aromatic heterocycles. The molecule has 3 rings (SSSR count). The van der Waals surface area contributed by atoms with Crippen molar-refractivity contribution >= 4 is 22.0 Å². The number of carbonyl (C=O) groups excluding carboxylic acids is 1. The van der Waals surface area contributed by atoms with Crippen molar-refractivity contribution in [2.45, 2.75) is 62.7 Å². The fraction of sp³-hybridized carbons (Fsp3) is 0.423. The molecule has 33 heavy (non-hydrogen) atoms. The quantitative estimate of drug-likeness (QED) is 0.561. The molecule has 0 bridgehead atoms. The molecule has 0 spiro atoms. The topological polar surface area (TPSA) is 84.5 Å². The number of sulfone groups is 1. The zero-order chi connectivity index (χ0) is 23.8. The van der Waals surface area contributed by atoms with Gasteiger partial charge in [0.1, 0.15) is 6.61 Å². The van der Waals surface area contributed by atoms with E-state index in [-0.39, 0.29) is 35.3 Å². The van der Waals surface area contributed by atoms with Crippen LogP contribution in [0.3, 0.4) is 0 Å². The first-order valence-corrected chi connectivity index (χ1v) is 13.1. The van der Waals surface area contributed by atoms with E-state index in [9.17, 15) is 13.2 Å². The highest BCUT2D eigenvalue weighted by Crippen LogP contribution is 2.29. The number of benzene rings is 2. The van der Waals surface area contributed by atoms with Gasteiger partial charge in [-0.25, -0.2) is 13.2 Å². The fourth-order valence-electron chi connectivity index (χ4n) is 4.37. The van der Waals surface area contributed by atoms with Crippen molar-refractivity contribution < 1.29 is 17.9 Å². The summed E-state index contributed by atoms with van der Waals surface area (Å²) >= 11 is 0. The standard InChI is InChI=1S/C26H34N2O4S/c1-4-20-10-13-24(14-11-20)33(30,31)18-22-16-23(27-19(2)3)12-15-25(22)28-26(29)32-17-21-8-6-5-7-9-21/h4-11,13-14,19,22-23,25,27H,1,12,15-18H2,2-3H3,(H,28,29). The Balaban J connectivity index is 1.69. The second-order valence-corrected chi connectivity index (χ2v) is 11.0. The summed E-state index contributed by atoms with van der Waals surface area (Å²) in [6.45, 7) is 8.05. The van der Waals surface area contributed by atoms with E-state index in [1.165, 1.54) is 0 Å². The monoisotopic (exact) mass is 470 g/mol. The Hall–Kier alpha value is -2.64. The minimum Gasteiger partial charge on any atom is -0.445 e. The van der Waals surface area contributed by atoms with E-state index < -0.39 is 15.9 Å². The molecule has 2 N–H and O–H groups in total. The van der Waals surface area contributed by atoms with Crippen LogP contribution in [0.4, 0.5) is 4.79 Å². The van der Waals surface area contributed by atoms with Crippen LogP contribution in [0.1, 0.15) is 44.2 Å². The summed E-state index contributed by atoms with van der Waals surface area (Å²) in [4.78, 5) is 12.8. The summed E-state index contributed by atoms with van der Waals surface area (Å²) in [7, 11) is -3.51. The lowest BCUT2D eigenvalue weighted by atomic mass is 9.82. The van der Waals surface area contributed by atoms with Gasteiger partial charge < -0.3 is 15.4 Å². The fourth-order valence-corrected chi connectivity index (χ4v) is 6.04. The first-order valence-electron chi connectivity index (χ1n) is 11.5. The molecular formula is C26H34N2O4S. The number of alkyl carbamates (subject to hydrolysis) is 1. The Labute approximate surface area is 197 Å². The summed E-state index contributed by atoms with van der Waals surface area (Å²) < 4.78 is 31.7. The van der Waals surface area contributed by atoms with Gasteiger partial charge in [-0.2, -0.15) is 0 Å². The van der Waals surface area contributed by atoms with Crippen molar-refractivity contribution in [3.8, 4) is 0 Å². The van der Waals surface area contributed by atoms with Gasteiger partial charge in [0.15, 0.2) is 9.84 Å². The molecule has 0 saturated heterocycles. The Morgan fingerprint density at radius 3 is 2.45 bits per heavy atom. The molecule has 3 atom stereocenters. The molecule has 3 unspecified atom stereocenters. The molecule has 2 aromatic rings. The van der Waals surface area contributed by atoms with Gasteiger partial charge in [0, 0.05) is 18.1 Å². The van der Waals surface area contributed by atoms with Crippen LogP contribution in [-0.2, 0) is 21.2 Å². The van der Waals surface area contributed by atoms with Crippen LogP contribution >= 0.6 is 0 Å². The Kier molecular flexibility index (Phi) is 8.69. The Morgan fingerprint density at radius 1 is 1.12 bits per heavy atom. The molecule has 7 heteroatoms. The maximum absolute atomic E-state index is 13.2. The third-order valence-electron chi connectivity index (χ3n) is 5.98. The van der Waals surface area contributed by atoms with Gasteiger partial charge >= 0.3 is 6.09 Å². The molecule has 2 aromatic carbocycles. The zero-order valence-electron chi connectivity index (χ0n) is 19.4. The minimum absolute atomic E-state index is 0.0274. The van der Waals surface area contributed by atoms with Gasteiger partial charge in [-0.1, -0.05) is 69.0 Å². The van der Waals surface area contributed by atoms with Gasteiger partial charge in [0.2, 0.25) is 0 Å². The molecular weight excluding hydrogens is 436 g/mol. The lowest BCUT2D eigenvalue weighted by Crippen LogP contribution is -2.50. The van der Waals surface area contributed by atoms with Gasteiger partial charge in [-0.3, -0.25) is 0 Å². The van der Waals surface area contributed by atoms with Crippen LogP contribution in [0.2, 0.25) is 0 Å². The normalized spacial score (nSPS) is 20.9. The SMILES string of the molecule is C=Cc1ccc(S(=O)(=O)CC2CC(NC(C)C)CCC2NC(=O)OCc2ccccc2)cc1. The first-order chi connectivity index (χ1) is 15.8. The molecule has 1 aliphatic rings. The van der Waals surface area contributed by atoms with E-state index in [0.29, 0.717) is 18.9 Å². The van der Waals surface area contributed by atoms with Crippen LogP contribution in [0.25, 0.3) is 6.08 Å². The van der Waals surface area contributed by atoms with Crippen molar-refractivity contribution in [3.63, 3.8) is 0 Å². The smallest absolute Gasteiger partial charge is 0.407 e. The number of carbonyl (C=O) groups is 1. The summed E-state index contributed by atoms with van der Waals surface area (Å²) in [6.07, 6.45) is 3.40. The van der Waals surface area contributed by atoms with Crippen LogP contribution in [-0.4, -0.2) is 38.4 Å². The molecule has 1 fully saturated rings. The second-order valence-electron chi connectivity index (χ2n) is 8.96. The minimum atomic E-state index is -3.51. The van der Waals surface area contributed by atoms with Crippen molar-refractivity contribution in [3.05, 3.63) is 72.3 Å². The van der Waals surface area contributed by atoms with E-state index in [1.54, 1.807) is 30.3 Å². The van der Waals surface area contributed by atoms with Crippen molar-refractivity contribution in [1.29, 1.82) is 0 Å². The number of hydrogen-bond acceptors (Lipinski definition) is 5. The highest BCUT2D eigenvalue weighted by Gasteiger charge is 2.35. The number of amides is 1. The highest BCUT2D eigenvalue weighted by atomic mass is 32.2. The van der Waals surface area contributed by atoms with Gasteiger partial charge in [-0.05, 0) is 48.4 Å². The first kappa shape index (κ1) is 25.0. The van der Waals surface area contributed by atoms with Gasteiger partial charge in [-0.15, -0.1) is 0 Å². The largest absolute Gasteiger partial charge is 0.445 e. The Morgan fingerprint density at radius 2 is 1.82 bits per heavy atom. The number of hydrogen-bond donors (Lipinski definition) is 2. The molecule has 1 aliphatic carbocycles. The summed E-state index contributed by atoms with van der Waals surface area (Å²) in [5, 5.41) is 6.46. The van der Waals surface area contributed by atoms with Crippen LogP contribution in [0.5, 0.6) is 0 Å². The van der Waals surface area contributed by atoms with Crippen LogP contribution in [0, 0.1) is 5.92 Å². The average Bonchev–Trinajstić information content (AvgIpc) is 2.79. The summed E-state index contributed by atoms with van der Waals surface area (Å²) in [5.74, 6) is -0.247. The zero-order valence-corrected chi connectivity index (χ0v) is 20.2. The van der Waals surface area contributed by atoms with Crippen molar-refractivity contribution in [2.75, 3.05) is 5.75 Å². The third kappa shape index (κ3) is 7.44. The van der Waals surface area contributed by atoms with Crippen LogP contribution in [0.15, 0.2) is 66.1 Å². The molecule has 0 heterocycles. The van der Waals surface area contributed by atoms with E-state index in [4.69, 9.17) is 4.74 Å². The van der Waals surface area contributed by atoms with Crippen molar-refractivity contribution in [2.24, 2.45) is 5.92 Å². The lowest BCUT2D eigenvalue weighted by molar-refractivity contribution is 0.125. The lowest BCUT2D eigenvalue weighted by Gasteiger charge is -2.37. The molecule has 1 saturated carbocycles. The van der Waals surface area contributed by atoms with Crippen LogP contribution < -0.4 is 10.6 Å². The summed E-state index contributed by atoms with van der Waals surface area (Å²) in [5.41, 5.74) is 1.77. The number of ether oxygens (including phenoxy) is 1. The molecule has 0 aliphatic heterocycles. The maximum Gasteiger partial charge on any atom is 0.407 e. The molecule has 6 nitrogen and oxygen atoms in total. The molecule has 0 radical (unpaired) electrons. The van der Waals surface area contributed by atoms with E-state index >= 15 is 0 Å². The summed E-state index contributed by atoms with van der Waals surface area (Å²) in [6, 6.07) is 16.5. The predicted molar refractivity (Wildman–Crippen MR) is 132 cm³/mol. The maximum atomic E-state index is 13.2. The van der Waals surface area contributed by atoms with E-state index in [0.717, 1.165) is 17.5 Å². The van der Waals surface area contributed by atoms with Gasteiger partial charge in [0.25, 0.3) is 0 Å². The predicted octanol–water partition coefficient (Wildman–Crippen LogP) is 4.57. The number of rotatable bonds is 9. The second kappa shape index (κ2) is 11.5. The van der Waals surface area contributed by atoms with E-state index in [2.05, 4.69) is 31.1 Å². The van der Waals surface area contributed by atoms with Crippen molar-refractivity contribution in [1.82, 2.24) is 10.6 Å². The van der Waals surface area contributed by atoms with Gasteiger partial charge in [0.05, 0.1) is 10.6 Å². The number of nitrogens with one attached hydrogen (secondary N) is 2. The average molecular weight is 471 g/mol. The molecule has 1 amide bonds.